The fourth-order valence-corrected chi connectivity index (χ4v) is 7.59. The summed E-state index contributed by atoms with van der Waals surface area (Å²) in [5, 5.41) is 0. The molecule has 0 aromatic heterocycles. The molecule has 2 aliphatic rings. The molecule has 0 saturated heterocycles. The van der Waals surface area contributed by atoms with Gasteiger partial charge in [-0.15, -0.1) is 0 Å². The molecule has 144 valence electrons. The number of hydrogen-bond donors (Lipinski definition) is 0. The first-order valence-corrected chi connectivity index (χ1v) is 12.5. The summed E-state index contributed by atoms with van der Waals surface area (Å²) in [7, 11) is 0. The summed E-state index contributed by atoms with van der Waals surface area (Å²) in [6.07, 6.45) is 2.34. The third-order valence-corrected chi connectivity index (χ3v) is 8.95. The molecule has 1 nitrogen and oxygen atoms in total. The van der Waals surface area contributed by atoms with Gasteiger partial charge >= 0.3 is 184 Å². The maximum atomic E-state index is 2.42. The van der Waals surface area contributed by atoms with E-state index in [9.17, 15) is 0 Å². The van der Waals surface area contributed by atoms with Crippen LogP contribution in [0.25, 0.3) is 11.1 Å². The van der Waals surface area contributed by atoms with Crippen molar-refractivity contribution in [2.75, 3.05) is 5.44 Å². The second-order valence-corrected chi connectivity index (χ2v) is 10.2. The van der Waals surface area contributed by atoms with Crippen molar-refractivity contribution in [1.29, 1.82) is 0 Å². The third kappa shape index (κ3) is 2.51. The van der Waals surface area contributed by atoms with Crippen LogP contribution in [-0.2, 0) is 5.41 Å². The van der Waals surface area contributed by atoms with Gasteiger partial charge in [0.2, 0.25) is 0 Å². The van der Waals surface area contributed by atoms with E-state index < -0.39 is 0 Å². The van der Waals surface area contributed by atoms with Gasteiger partial charge in [0.1, 0.15) is 0 Å². The van der Waals surface area contributed by atoms with Gasteiger partial charge in [-0.1, -0.05) is 0 Å². The molecular weight excluding hydrogens is 429 g/mol. The number of fused-ring (bicyclic) bond motifs is 4. The maximum absolute atomic E-state index is 2.42. The molecule has 0 amide bonds. The number of nitrogens with zero attached hydrogens (tertiary/aromatic N) is 1. The molecule has 30 heavy (non-hydrogen) atoms. The summed E-state index contributed by atoms with van der Waals surface area (Å²) < 4.78 is 3.96. The molecular formula is C28H22NSe+. The molecule has 0 saturated carbocycles. The zero-order valence-corrected chi connectivity index (χ0v) is 18.6. The minimum absolute atomic E-state index is 0.108. The SMILES string of the molecule is CC1(c2cccc3c2[Se]C[N+](c2ccccc2)=C3)c2ccccc2-c2ccccc21. The molecule has 1 aliphatic heterocycles. The predicted octanol–water partition coefficient (Wildman–Crippen LogP) is 5.09. The van der Waals surface area contributed by atoms with Crippen LogP contribution in [0, 0.1) is 0 Å². The van der Waals surface area contributed by atoms with E-state index in [1.807, 2.05) is 0 Å². The predicted molar refractivity (Wildman–Crippen MR) is 126 cm³/mol. The number of hydrogen-bond acceptors (Lipinski definition) is 0. The Hall–Kier alpha value is -2.93. The van der Waals surface area contributed by atoms with Crippen LogP contribution in [0.5, 0.6) is 0 Å². The molecule has 4 aromatic rings. The van der Waals surface area contributed by atoms with Gasteiger partial charge in [0.25, 0.3) is 0 Å². The summed E-state index contributed by atoms with van der Waals surface area (Å²) in [4.78, 5) is 0. The van der Waals surface area contributed by atoms with Crippen molar-refractivity contribution in [1.82, 2.24) is 0 Å². The summed E-state index contributed by atoms with van der Waals surface area (Å²) in [6, 6.07) is 35.5. The Balaban J connectivity index is 1.57. The van der Waals surface area contributed by atoms with Gasteiger partial charge in [0.05, 0.1) is 0 Å². The average Bonchev–Trinajstić information content (AvgIpc) is 3.09. The van der Waals surface area contributed by atoms with E-state index >= 15 is 0 Å². The molecule has 0 atom stereocenters. The molecule has 1 heterocycles. The molecule has 6 rings (SSSR count). The van der Waals surface area contributed by atoms with Gasteiger partial charge in [-0.25, -0.2) is 0 Å². The molecule has 0 bridgehead atoms. The van der Waals surface area contributed by atoms with Crippen molar-refractivity contribution in [2.45, 2.75) is 12.3 Å². The van der Waals surface area contributed by atoms with E-state index in [0.717, 1.165) is 5.44 Å². The Morgan fingerprint density at radius 3 is 1.97 bits per heavy atom. The van der Waals surface area contributed by atoms with Gasteiger partial charge < -0.3 is 0 Å². The normalized spacial score (nSPS) is 15.7. The third-order valence-electron chi connectivity index (χ3n) is 6.54. The summed E-state index contributed by atoms with van der Waals surface area (Å²) in [5.41, 5.74) is 10.7. The first-order chi connectivity index (χ1) is 14.8. The summed E-state index contributed by atoms with van der Waals surface area (Å²) in [5.74, 6) is 0. The van der Waals surface area contributed by atoms with Crippen molar-refractivity contribution in [3.8, 4) is 11.1 Å². The molecule has 0 radical (unpaired) electrons. The zero-order chi connectivity index (χ0) is 20.1. The van der Waals surface area contributed by atoms with E-state index in [4.69, 9.17) is 0 Å². The number of benzene rings is 4. The Kier molecular flexibility index (Phi) is 4.06. The summed E-state index contributed by atoms with van der Waals surface area (Å²) >= 11 is 0.381. The Morgan fingerprint density at radius 1 is 0.667 bits per heavy atom. The van der Waals surface area contributed by atoms with Crippen molar-refractivity contribution in [2.24, 2.45) is 0 Å². The van der Waals surface area contributed by atoms with E-state index in [1.165, 1.54) is 39.1 Å². The van der Waals surface area contributed by atoms with E-state index in [0.29, 0.717) is 15.0 Å². The van der Waals surface area contributed by atoms with Crippen LogP contribution in [-0.4, -0.2) is 31.2 Å². The zero-order valence-electron chi connectivity index (χ0n) is 16.9. The van der Waals surface area contributed by atoms with Crippen LogP contribution < -0.4 is 4.46 Å². The van der Waals surface area contributed by atoms with Gasteiger partial charge in [-0.05, 0) is 0 Å². The van der Waals surface area contributed by atoms with Crippen LogP contribution in [0.4, 0.5) is 5.69 Å². The topological polar surface area (TPSA) is 3.01 Å². The Morgan fingerprint density at radius 2 is 1.27 bits per heavy atom. The monoisotopic (exact) mass is 452 g/mol. The van der Waals surface area contributed by atoms with Gasteiger partial charge in [0.15, 0.2) is 0 Å². The van der Waals surface area contributed by atoms with Crippen LogP contribution >= 0.6 is 0 Å². The van der Waals surface area contributed by atoms with Crippen LogP contribution in [0.3, 0.4) is 0 Å². The van der Waals surface area contributed by atoms with E-state index in [2.05, 4.69) is 115 Å². The molecule has 0 unspecified atom stereocenters. The molecule has 0 N–H and O–H groups in total. The van der Waals surface area contributed by atoms with Crippen LogP contribution in [0.1, 0.15) is 29.2 Å². The fraction of sp³-hybridized carbons (Fsp3) is 0.107. The average molecular weight is 451 g/mol. The quantitative estimate of drug-likeness (QED) is 0.295. The second kappa shape index (κ2) is 6.80. The van der Waals surface area contributed by atoms with Gasteiger partial charge in [-0.3, -0.25) is 0 Å². The Bertz CT molecular complexity index is 1260. The van der Waals surface area contributed by atoms with E-state index in [1.54, 1.807) is 4.46 Å². The number of para-hydroxylation sites is 1. The number of rotatable bonds is 2. The molecule has 0 fully saturated rings. The van der Waals surface area contributed by atoms with Crippen molar-refractivity contribution in [3.63, 3.8) is 0 Å². The Labute approximate surface area is 183 Å². The second-order valence-electron chi connectivity index (χ2n) is 8.15. The minimum atomic E-state index is -0.108. The van der Waals surface area contributed by atoms with Crippen LogP contribution in [0.2, 0.25) is 0 Å². The van der Waals surface area contributed by atoms with Gasteiger partial charge in [0, 0.05) is 0 Å². The van der Waals surface area contributed by atoms with E-state index in [-0.39, 0.29) is 5.41 Å². The van der Waals surface area contributed by atoms with Gasteiger partial charge in [-0.2, -0.15) is 0 Å². The fourth-order valence-electron chi connectivity index (χ4n) is 5.06. The van der Waals surface area contributed by atoms with Crippen molar-refractivity contribution < 1.29 is 4.58 Å². The van der Waals surface area contributed by atoms with Crippen LogP contribution in [0.15, 0.2) is 97.1 Å². The molecule has 0 spiro atoms. The van der Waals surface area contributed by atoms with Crippen molar-refractivity contribution >= 4 is 31.3 Å². The molecule has 4 aromatic carbocycles. The standard InChI is InChI=1S/C28H22NSe/c1-28(24-15-7-5-13-22(24)23-14-6-8-16-25(23)28)26-17-9-10-20-18-29(19-30-27(20)26)21-11-3-2-4-12-21/h2-18H,19H2,1H3/q+1. The molecule has 1 aliphatic carbocycles. The van der Waals surface area contributed by atoms with Crippen molar-refractivity contribution in [3.05, 3.63) is 119 Å². The summed E-state index contributed by atoms with van der Waals surface area (Å²) in [6.45, 7) is 2.42. The molecule has 2 heteroatoms. The first-order valence-electron chi connectivity index (χ1n) is 10.4. The first kappa shape index (κ1) is 17.9.